The van der Waals surface area contributed by atoms with Crippen molar-refractivity contribution >= 4 is 144 Å². The first-order valence-corrected chi connectivity index (χ1v) is 48.3. The molecule has 5 N–H and O–H groups in total. The van der Waals surface area contributed by atoms with Gasteiger partial charge in [0.15, 0.2) is 80.1 Å². The van der Waals surface area contributed by atoms with E-state index in [0.29, 0.717) is 71.5 Å². The molecule has 1 aliphatic carbocycles. The zero-order valence-corrected chi connectivity index (χ0v) is 82.9. The number of hydrogen-bond donors (Lipinski definition) is 5. The number of nitrogens with one attached hydrogen (secondary N) is 5. The van der Waals surface area contributed by atoms with Crippen LogP contribution < -0.4 is 33.1 Å². The number of rotatable bonds is 13. The zero-order chi connectivity index (χ0) is 106. The van der Waals surface area contributed by atoms with E-state index in [1.54, 1.807) is 118 Å². The number of methoxy groups -OCH3 is 2. The van der Waals surface area contributed by atoms with Gasteiger partial charge in [0.05, 0.1) is 56.5 Å². The van der Waals surface area contributed by atoms with Crippen molar-refractivity contribution in [3.63, 3.8) is 0 Å². The molecule has 0 radical (unpaired) electrons. The Morgan fingerprint density at radius 3 is 0.967 bits per heavy atom. The molecule has 150 heavy (non-hydrogen) atoms. The Labute approximate surface area is 883 Å². The third kappa shape index (κ3) is 33.8. The first kappa shape index (κ1) is 108. The number of nitrogens with zero attached hydrogens (tertiary/aromatic N) is 16. The highest BCUT2D eigenvalue weighted by Gasteiger charge is 2.29. The number of ether oxygens (including phenoxy) is 2. The number of aromatic nitrogens is 16. The van der Waals surface area contributed by atoms with Gasteiger partial charge in [-0.25, -0.2) is 69.4 Å². The molecule has 0 bridgehead atoms. The van der Waals surface area contributed by atoms with E-state index in [4.69, 9.17) is 50.7 Å². The summed E-state index contributed by atoms with van der Waals surface area (Å²) in [6, 6.07) is 21.0. The molecule has 33 nitrogen and oxygen atoms in total. The Morgan fingerprint density at radius 1 is 0.327 bits per heavy atom. The van der Waals surface area contributed by atoms with Gasteiger partial charge < -0.3 is 9.47 Å². The lowest BCUT2D eigenvalue weighted by Crippen LogP contribution is -2.17. The fourth-order valence-corrected chi connectivity index (χ4v) is 15.6. The van der Waals surface area contributed by atoms with Crippen LogP contribution in [0.5, 0.6) is 11.8 Å². The summed E-state index contributed by atoms with van der Waals surface area (Å²) in [5, 5.41) is 23.0. The number of amides is 5. The third-order valence-electron chi connectivity index (χ3n) is 17.7. The number of carbonyl (C=O) groups excluding carboxylic acids is 5. The van der Waals surface area contributed by atoms with E-state index in [-0.39, 0.29) is 20.1 Å². The summed E-state index contributed by atoms with van der Waals surface area (Å²) in [4.78, 5) is 80.6. The molecular weight excluding hydrogens is 2070 g/mol. The van der Waals surface area contributed by atoms with Crippen molar-refractivity contribution in [1.82, 2.24) is 102 Å². The van der Waals surface area contributed by atoms with Gasteiger partial charge in [-0.05, 0) is 187 Å². The highest BCUT2D eigenvalue weighted by atomic mass is 35.5. The molecule has 718 valence electrons. The van der Waals surface area contributed by atoms with Gasteiger partial charge in [-0.1, -0.05) is 52.6 Å². The Bertz CT molecular complexity index is 9070. The minimum absolute atomic E-state index is 0.256. The summed E-state index contributed by atoms with van der Waals surface area (Å²) >= 11 is 17.2. The summed E-state index contributed by atoms with van der Waals surface area (Å²) in [7, 11) is -4.91. The first-order chi connectivity index (χ1) is 73.0. The highest BCUT2D eigenvalue weighted by Crippen LogP contribution is 2.40. The van der Waals surface area contributed by atoms with E-state index in [0.717, 1.165) is 39.2 Å². The van der Waals surface area contributed by atoms with Gasteiger partial charge >= 0.3 is 0 Å². The van der Waals surface area contributed by atoms with Gasteiger partial charge in [0, 0.05) is 284 Å². The molecule has 0 aromatic carbocycles. The van der Waals surface area contributed by atoms with Gasteiger partial charge in [-0.15, -0.1) is 6.42 Å². The van der Waals surface area contributed by atoms with Gasteiger partial charge in [0.2, 0.25) is 17.7 Å². The van der Waals surface area contributed by atoms with Crippen LogP contribution in [0.2, 0.25) is 15.5 Å². The second-order valence-corrected chi connectivity index (χ2v) is 34.5. The van der Waals surface area contributed by atoms with E-state index in [9.17, 15) is 49.4 Å². The van der Waals surface area contributed by atoms with Gasteiger partial charge in [0.1, 0.15) is 15.5 Å². The fourth-order valence-electron chi connectivity index (χ4n) is 11.1. The maximum Gasteiger partial charge on any atom is 0.258 e. The van der Waals surface area contributed by atoms with Crippen LogP contribution in [0.25, 0.3) is 80.9 Å². The molecule has 0 spiro atoms. The van der Waals surface area contributed by atoms with Crippen LogP contribution in [-0.4, -0.2) is 144 Å². The fraction of sp³-hybridized carbons (Fsp3) is 0.0556. The molecule has 5 unspecified atom stereocenters. The lowest BCUT2D eigenvalue weighted by atomic mass is 10.1. The Hall–Kier alpha value is -21.1. The second kappa shape index (κ2) is 56.5. The average molecular weight is 2120 g/mol. The number of pyridine rings is 6. The van der Waals surface area contributed by atoms with Gasteiger partial charge in [-0.3, -0.25) is 52.6 Å². The molecule has 1 saturated carbocycles. The SMILES string of the molecule is C#CC#CC#CC#CC#CC#CC#CC#CC#CC#CC#CC#CC#CC#CC#CC#CC#CC#CC#CC#CC.COc1nc(-c2ccc(C3CC3)nc2)ccc1-c1cnn(C2=CC(=O)NS2=O)c1.COc1nc(Cl)ccc1-c1cnn(C2=CC(=O)NS2=O)c1.O=C1C=C(n2cc(-c3ccc(Cl)nc3)cn2)S(=O)N1.O=C1C=C(n2cc(-c3ccc(F)nc3)cn2)S(=O)N1.O=C1C=C(n2cc(C#Cc3ccc(Cl)nc3)cn2)S(=O)N1. The van der Waals surface area contributed by atoms with Crippen LogP contribution in [0.3, 0.4) is 0 Å². The van der Waals surface area contributed by atoms with Crippen LogP contribution in [0.15, 0.2) is 190 Å². The molecule has 5 amide bonds. The molecule has 11 aromatic rings. The van der Waals surface area contributed by atoms with E-state index < -0.39 is 90.4 Å². The van der Waals surface area contributed by atoms with Crippen molar-refractivity contribution in [3.8, 4) is 317 Å². The van der Waals surface area contributed by atoms with Crippen molar-refractivity contribution in [2.45, 2.75) is 25.7 Å². The van der Waals surface area contributed by atoms with Crippen LogP contribution in [0.4, 0.5) is 4.39 Å². The maximum atomic E-state index is 12.7. The quantitative estimate of drug-likeness (QED) is 0.0563. The van der Waals surface area contributed by atoms with E-state index >= 15 is 0 Å². The minimum Gasteiger partial charge on any atom is -0.481 e. The molecule has 5 aliphatic heterocycles. The molecular formula is C108H51Cl3FN21O12S5. The molecule has 16 heterocycles. The highest BCUT2D eigenvalue weighted by molar-refractivity contribution is 7.94. The van der Waals surface area contributed by atoms with Crippen molar-refractivity contribution < 1.29 is 58.9 Å². The average Bonchev–Trinajstić information content (AvgIpc) is 1.88. The summed E-state index contributed by atoms with van der Waals surface area (Å²) in [5.74, 6) is 102. The molecule has 11 aromatic heterocycles. The van der Waals surface area contributed by atoms with Gasteiger partial charge in [0.25, 0.3) is 29.5 Å². The molecule has 42 heteroatoms. The minimum atomic E-state index is -1.61. The lowest BCUT2D eigenvalue weighted by Gasteiger charge is -2.09. The summed E-state index contributed by atoms with van der Waals surface area (Å²) < 4.78 is 100. The largest absolute Gasteiger partial charge is 0.481 e. The normalized spacial score (nSPS) is 14.1. The topological polar surface area (TPSA) is 416 Å². The van der Waals surface area contributed by atoms with Crippen LogP contribution >= 0.6 is 34.8 Å². The van der Waals surface area contributed by atoms with Crippen molar-refractivity contribution in [1.29, 1.82) is 0 Å². The lowest BCUT2D eigenvalue weighted by molar-refractivity contribution is -0.115. The summed E-state index contributed by atoms with van der Waals surface area (Å²) in [6.07, 6.45) is 36.0. The Morgan fingerprint density at radius 2 is 0.640 bits per heavy atom. The molecule has 1 fully saturated rings. The smallest absolute Gasteiger partial charge is 0.258 e. The standard InChI is InChI=1S/C41H4.C20H17N5O3S.C13H7ClN4O2S.C12H9ClN4O3S.C11H7ClN4O2S.C11H7FN4O2S/c1-3-5-7-9-11-13-15-17-19-21-23-25-27-29-31-33-35-37-39-41-40-38-36-34-32-30-28-26-24-22-20-18-16-14-12-10-8-6-4-2;1-28-20-15(14-10-22-25(11-14)19-8-18(26)24-29(19)27)5-7-17(23-20)13-4-6-16(21-9-13)12-2-3-12;14-11-4-3-9(6-15-11)1-2-10-7-16-18(8-10)13-5-12(19)17-21(13)20;1-20-12-8(2-3-9(13)15-12)7-5-14-17(6-7)11-4-10(18)16-21(11)19;2*12-9-2-1-7(4-13-9)8-5-14-16(6-8)11-3-10(17)15-19(11)18/h1H,2H3;4-12H,2-3H2,1H3,(H,24,26);3-8H,(H,17,19);2-6H,1H3,(H,16,18);2*1-6H,(H,15,17). The Balaban J connectivity index is 0.000000163. The van der Waals surface area contributed by atoms with Crippen molar-refractivity contribution in [2.75, 3.05) is 14.2 Å². The number of carbonyl (C=O) groups is 5. The van der Waals surface area contributed by atoms with Crippen LogP contribution in [-0.2, 0) is 78.9 Å². The molecule has 0 saturated heterocycles. The molecule has 17 rings (SSSR count). The van der Waals surface area contributed by atoms with E-state index in [1.165, 1.54) is 98.4 Å². The van der Waals surface area contributed by atoms with Crippen LogP contribution in [0.1, 0.15) is 42.5 Å². The first-order valence-electron chi connectivity index (χ1n) is 41.4. The second-order valence-electron chi connectivity index (χ2n) is 27.5. The van der Waals surface area contributed by atoms with Crippen LogP contribution in [0, 0.1) is 255 Å². The number of halogens is 4. The maximum absolute atomic E-state index is 12.7. The predicted molar refractivity (Wildman–Crippen MR) is 563 cm³/mol. The summed E-state index contributed by atoms with van der Waals surface area (Å²) in [6.45, 7) is 1.69. The van der Waals surface area contributed by atoms with E-state index in [2.05, 4.69) is 328 Å². The van der Waals surface area contributed by atoms with Gasteiger partial charge in [-0.2, -0.15) is 29.9 Å². The Kier molecular flexibility index (Phi) is 40.6. The molecule has 5 atom stereocenters. The zero-order valence-electron chi connectivity index (χ0n) is 76.6. The monoisotopic (exact) mass is 2120 g/mol. The summed E-state index contributed by atoms with van der Waals surface area (Å²) in [5.41, 5.74) is 10.0. The number of hydrogen-bond acceptors (Lipinski definition) is 23. The molecule has 6 aliphatic rings. The third-order valence-corrected chi connectivity index (χ3v) is 23.7. The van der Waals surface area contributed by atoms with Crippen molar-refractivity contribution in [2.24, 2.45) is 0 Å². The predicted octanol–water partition coefficient (Wildman–Crippen LogP) is 7.18. The van der Waals surface area contributed by atoms with E-state index in [1.807, 2.05) is 24.4 Å². The number of terminal acetylenes is 1. The van der Waals surface area contributed by atoms with Crippen molar-refractivity contribution in [3.05, 3.63) is 228 Å².